The molecule has 0 unspecified atom stereocenters. The van der Waals surface area contributed by atoms with E-state index >= 15 is 0 Å². The number of hydrogen-bond donors (Lipinski definition) is 2. The Balaban J connectivity index is 1.67. The molecule has 170 valence electrons. The molecule has 2 N–H and O–H groups in total. The third kappa shape index (κ3) is 4.57. The maximum Gasteiger partial charge on any atom is 0.227 e. The second-order valence-electron chi connectivity index (χ2n) is 7.59. The molecule has 0 aliphatic rings. The zero-order valence-corrected chi connectivity index (χ0v) is 19.3. The Kier molecular flexibility index (Phi) is 6.12. The minimum absolute atomic E-state index is 0.0981. The summed E-state index contributed by atoms with van der Waals surface area (Å²) in [6.07, 6.45) is 0. The van der Waals surface area contributed by atoms with Crippen molar-refractivity contribution < 1.29 is 14.3 Å². The van der Waals surface area contributed by atoms with Gasteiger partial charge in [-0.2, -0.15) is 14.6 Å². The van der Waals surface area contributed by atoms with Gasteiger partial charge in [0.2, 0.25) is 11.9 Å². The van der Waals surface area contributed by atoms with Gasteiger partial charge in [-0.25, -0.2) is 4.98 Å². The zero-order chi connectivity index (χ0) is 23.5. The van der Waals surface area contributed by atoms with Gasteiger partial charge in [-0.15, -0.1) is 0 Å². The summed E-state index contributed by atoms with van der Waals surface area (Å²) in [5.74, 6) is 2.43. The SMILES string of the molecule is COc1ccc(-c2c(C)nn3c(NCc4ccc(NC(C)=O)cc4)nc(C)nc23)cc1OC. The van der Waals surface area contributed by atoms with Gasteiger partial charge in [-0.05, 0) is 49.2 Å². The summed E-state index contributed by atoms with van der Waals surface area (Å²) in [6, 6.07) is 13.4. The van der Waals surface area contributed by atoms with E-state index in [1.807, 2.05) is 56.3 Å². The third-order valence-corrected chi connectivity index (χ3v) is 5.17. The van der Waals surface area contributed by atoms with E-state index in [9.17, 15) is 4.79 Å². The second kappa shape index (κ2) is 9.15. The molecule has 2 aromatic heterocycles. The van der Waals surface area contributed by atoms with E-state index in [1.54, 1.807) is 18.7 Å². The van der Waals surface area contributed by atoms with E-state index in [2.05, 4.69) is 20.6 Å². The molecule has 2 aromatic carbocycles. The molecule has 4 rings (SSSR count). The van der Waals surface area contributed by atoms with E-state index in [-0.39, 0.29) is 5.91 Å². The fourth-order valence-corrected chi connectivity index (χ4v) is 3.68. The lowest BCUT2D eigenvalue weighted by atomic mass is 10.1. The Morgan fingerprint density at radius 1 is 1.00 bits per heavy atom. The molecule has 0 saturated heterocycles. The number of fused-ring (bicyclic) bond motifs is 1. The predicted octanol–water partition coefficient (Wildman–Crippen LogP) is 4.00. The van der Waals surface area contributed by atoms with Crippen LogP contribution < -0.4 is 20.1 Å². The van der Waals surface area contributed by atoms with Gasteiger partial charge in [-0.1, -0.05) is 18.2 Å². The molecule has 0 radical (unpaired) electrons. The summed E-state index contributed by atoms with van der Waals surface area (Å²) >= 11 is 0. The lowest BCUT2D eigenvalue weighted by Crippen LogP contribution is -2.10. The van der Waals surface area contributed by atoms with E-state index in [1.165, 1.54) is 6.92 Å². The molecule has 0 atom stereocenters. The third-order valence-electron chi connectivity index (χ3n) is 5.17. The van der Waals surface area contributed by atoms with Gasteiger partial charge in [0.1, 0.15) is 5.82 Å². The number of amides is 1. The highest BCUT2D eigenvalue weighted by atomic mass is 16.5. The number of aryl methyl sites for hydroxylation is 2. The molecule has 0 saturated carbocycles. The van der Waals surface area contributed by atoms with Gasteiger partial charge in [0.15, 0.2) is 17.1 Å². The average molecular weight is 447 g/mol. The second-order valence-corrected chi connectivity index (χ2v) is 7.59. The first-order valence-electron chi connectivity index (χ1n) is 10.5. The quantitative estimate of drug-likeness (QED) is 0.442. The summed E-state index contributed by atoms with van der Waals surface area (Å²) < 4.78 is 12.6. The number of nitrogens with zero attached hydrogens (tertiary/aromatic N) is 4. The Labute approximate surface area is 191 Å². The normalized spacial score (nSPS) is 10.8. The largest absolute Gasteiger partial charge is 0.493 e. The molecule has 0 fully saturated rings. The van der Waals surface area contributed by atoms with Crippen molar-refractivity contribution >= 4 is 23.2 Å². The van der Waals surface area contributed by atoms with Crippen LogP contribution in [0.1, 0.15) is 24.0 Å². The Morgan fingerprint density at radius 2 is 1.73 bits per heavy atom. The van der Waals surface area contributed by atoms with Crippen molar-refractivity contribution in [3.05, 3.63) is 59.5 Å². The molecule has 0 aliphatic heterocycles. The van der Waals surface area contributed by atoms with Crippen LogP contribution in [0.2, 0.25) is 0 Å². The summed E-state index contributed by atoms with van der Waals surface area (Å²) in [5.41, 5.74) is 5.16. The first-order chi connectivity index (χ1) is 15.9. The molecular formula is C24H26N6O3. The highest BCUT2D eigenvalue weighted by Gasteiger charge is 2.18. The van der Waals surface area contributed by atoms with Crippen LogP contribution in [0.5, 0.6) is 11.5 Å². The number of ether oxygens (including phenoxy) is 2. The van der Waals surface area contributed by atoms with Crippen LogP contribution in [-0.2, 0) is 11.3 Å². The van der Waals surface area contributed by atoms with E-state index < -0.39 is 0 Å². The number of rotatable bonds is 7. The standard InChI is InChI=1S/C24H26N6O3/c1-14-22(18-8-11-20(32-4)21(12-18)33-5)23-26-15(2)27-24(30(23)29-14)25-13-17-6-9-19(10-7-17)28-16(3)31/h6-12H,13H2,1-5H3,(H,28,31)(H,25,26,27). The highest BCUT2D eigenvalue weighted by Crippen LogP contribution is 2.35. The number of anilines is 2. The molecule has 9 nitrogen and oxygen atoms in total. The molecular weight excluding hydrogens is 420 g/mol. The van der Waals surface area contributed by atoms with Crippen molar-refractivity contribution in [2.75, 3.05) is 24.9 Å². The summed E-state index contributed by atoms with van der Waals surface area (Å²) in [6.45, 7) is 5.83. The number of methoxy groups -OCH3 is 2. The molecule has 0 spiro atoms. The van der Waals surface area contributed by atoms with Gasteiger partial charge in [0.25, 0.3) is 0 Å². The van der Waals surface area contributed by atoms with Crippen molar-refractivity contribution in [3.8, 4) is 22.6 Å². The number of aromatic nitrogens is 4. The van der Waals surface area contributed by atoms with Crippen molar-refractivity contribution in [3.63, 3.8) is 0 Å². The fourth-order valence-electron chi connectivity index (χ4n) is 3.68. The lowest BCUT2D eigenvalue weighted by Gasteiger charge is -2.11. The van der Waals surface area contributed by atoms with E-state index in [0.29, 0.717) is 35.5 Å². The molecule has 2 heterocycles. The van der Waals surface area contributed by atoms with Gasteiger partial charge in [0.05, 0.1) is 19.9 Å². The molecule has 33 heavy (non-hydrogen) atoms. The van der Waals surface area contributed by atoms with Gasteiger partial charge >= 0.3 is 0 Å². The predicted molar refractivity (Wildman–Crippen MR) is 127 cm³/mol. The maximum atomic E-state index is 11.2. The van der Waals surface area contributed by atoms with Crippen LogP contribution in [0.15, 0.2) is 42.5 Å². The fraction of sp³-hybridized carbons (Fsp3) is 0.250. The van der Waals surface area contributed by atoms with Crippen LogP contribution in [0.25, 0.3) is 16.8 Å². The Hall–Kier alpha value is -4.14. The van der Waals surface area contributed by atoms with Crippen molar-refractivity contribution in [1.29, 1.82) is 0 Å². The lowest BCUT2D eigenvalue weighted by molar-refractivity contribution is -0.114. The van der Waals surface area contributed by atoms with Crippen LogP contribution in [0.4, 0.5) is 11.6 Å². The molecule has 0 bridgehead atoms. The van der Waals surface area contributed by atoms with Gasteiger partial charge in [-0.3, -0.25) is 4.79 Å². The number of hydrogen-bond acceptors (Lipinski definition) is 7. The smallest absolute Gasteiger partial charge is 0.227 e. The minimum atomic E-state index is -0.0981. The van der Waals surface area contributed by atoms with E-state index in [4.69, 9.17) is 14.6 Å². The van der Waals surface area contributed by atoms with Crippen LogP contribution in [0, 0.1) is 13.8 Å². The average Bonchev–Trinajstić information content (AvgIpc) is 3.13. The van der Waals surface area contributed by atoms with Crippen LogP contribution >= 0.6 is 0 Å². The first kappa shape index (κ1) is 22.1. The van der Waals surface area contributed by atoms with Gasteiger partial charge in [0, 0.05) is 24.7 Å². The summed E-state index contributed by atoms with van der Waals surface area (Å²) in [7, 11) is 3.22. The molecule has 1 amide bonds. The van der Waals surface area contributed by atoms with Crippen LogP contribution in [0.3, 0.4) is 0 Å². The summed E-state index contributed by atoms with van der Waals surface area (Å²) in [5, 5.41) is 10.8. The number of benzene rings is 2. The van der Waals surface area contributed by atoms with Gasteiger partial charge < -0.3 is 20.1 Å². The number of carbonyl (C=O) groups excluding carboxylic acids is 1. The highest BCUT2D eigenvalue weighted by molar-refractivity contribution is 5.88. The zero-order valence-electron chi connectivity index (χ0n) is 19.3. The Bertz CT molecular complexity index is 1310. The number of nitrogens with one attached hydrogen (secondary N) is 2. The molecule has 9 heteroatoms. The van der Waals surface area contributed by atoms with Crippen molar-refractivity contribution in [2.24, 2.45) is 0 Å². The first-order valence-corrected chi connectivity index (χ1v) is 10.5. The monoisotopic (exact) mass is 446 g/mol. The van der Waals surface area contributed by atoms with E-state index in [0.717, 1.165) is 28.1 Å². The Morgan fingerprint density at radius 3 is 2.39 bits per heavy atom. The van der Waals surface area contributed by atoms with Crippen molar-refractivity contribution in [1.82, 2.24) is 19.6 Å². The maximum absolute atomic E-state index is 11.2. The molecule has 0 aliphatic carbocycles. The minimum Gasteiger partial charge on any atom is -0.493 e. The number of carbonyl (C=O) groups is 1. The van der Waals surface area contributed by atoms with Crippen molar-refractivity contribution in [2.45, 2.75) is 27.3 Å². The van der Waals surface area contributed by atoms with Crippen LogP contribution in [-0.4, -0.2) is 39.7 Å². The molecule has 4 aromatic rings. The summed E-state index contributed by atoms with van der Waals surface area (Å²) in [4.78, 5) is 20.4. The topological polar surface area (TPSA) is 103 Å².